The lowest BCUT2D eigenvalue weighted by Gasteiger charge is -2.06. The fourth-order valence-electron chi connectivity index (χ4n) is 2.18. The van der Waals surface area contributed by atoms with E-state index in [9.17, 15) is 14.9 Å². The van der Waals surface area contributed by atoms with Crippen molar-refractivity contribution < 1.29 is 9.72 Å². The lowest BCUT2D eigenvalue weighted by atomic mass is 10.2. The van der Waals surface area contributed by atoms with Crippen molar-refractivity contribution in [1.29, 1.82) is 0 Å². The summed E-state index contributed by atoms with van der Waals surface area (Å²) in [7, 11) is 0. The number of nitro groups is 1. The van der Waals surface area contributed by atoms with Gasteiger partial charge in [-0.05, 0) is 31.0 Å². The molecule has 1 aromatic heterocycles. The van der Waals surface area contributed by atoms with E-state index in [-0.39, 0.29) is 5.69 Å². The first kappa shape index (κ1) is 14.9. The molecule has 0 atom stereocenters. The van der Waals surface area contributed by atoms with E-state index in [4.69, 9.17) is 0 Å². The Morgan fingerprint density at radius 1 is 1.29 bits per heavy atom. The van der Waals surface area contributed by atoms with Gasteiger partial charge in [-0.3, -0.25) is 10.1 Å². The zero-order chi connectivity index (χ0) is 15.2. The number of hydrogen-bond donors (Lipinski definition) is 0. The minimum Gasteiger partial charge on any atom is -0.303 e. The number of aryl methyl sites for hydroxylation is 2. The second-order valence-electron chi connectivity index (χ2n) is 4.77. The Balaban J connectivity index is 2.35. The molecule has 2 rings (SSSR count). The van der Waals surface area contributed by atoms with E-state index in [1.165, 1.54) is 12.1 Å². The third-order valence-corrected chi connectivity index (χ3v) is 3.16. The number of carbonyl (C=O) groups is 1. The quantitative estimate of drug-likeness (QED) is 0.445. The maximum Gasteiger partial charge on any atom is 0.269 e. The van der Waals surface area contributed by atoms with Crippen molar-refractivity contribution in [3.05, 3.63) is 51.8 Å². The van der Waals surface area contributed by atoms with Crippen LogP contribution in [0.25, 0.3) is 5.69 Å². The second kappa shape index (κ2) is 6.78. The highest BCUT2D eigenvalue weighted by atomic mass is 16.6. The van der Waals surface area contributed by atoms with Crippen LogP contribution in [0.5, 0.6) is 0 Å². The summed E-state index contributed by atoms with van der Waals surface area (Å²) in [4.78, 5) is 20.8. The Hall–Kier alpha value is -2.50. The summed E-state index contributed by atoms with van der Waals surface area (Å²) in [6.07, 6.45) is 3.78. The largest absolute Gasteiger partial charge is 0.303 e. The van der Waals surface area contributed by atoms with Gasteiger partial charge in [0.15, 0.2) is 0 Å². The van der Waals surface area contributed by atoms with Crippen LogP contribution in [0.15, 0.2) is 30.3 Å². The van der Waals surface area contributed by atoms with E-state index in [1.54, 1.807) is 16.8 Å². The molecule has 2 aromatic rings. The lowest BCUT2D eigenvalue weighted by molar-refractivity contribution is -0.384. The van der Waals surface area contributed by atoms with E-state index in [0.29, 0.717) is 12.8 Å². The molecule has 0 aliphatic rings. The van der Waals surface area contributed by atoms with Crippen molar-refractivity contribution in [2.24, 2.45) is 0 Å². The van der Waals surface area contributed by atoms with Gasteiger partial charge in [0.1, 0.15) is 6.29 Å². The van der Waals surface area contributed by atoms with Gasteiger partial charge in [0, 0.05) is 24.2 Å². The van der Waals surface area contributed by atoms with Gasteiger partial charge in [0.05, 0.1) is 16.3 Å². The molecule has 0 saturated heterocycles. The molecule has 1 heterocycles. The van der Waals surface area contributed by atoms with E-state index in [2.05, 4.69) is 12.0 Å². The van der Waals surface area contributed by atoms with Crippen molar-refractivity contribution in [2.75, 3.05) is 0 Å². The molecular formula is C15H17N3O3. The van der Waals surface area contributed by atoms with Crippen LogP contribution in [0, 0.1) is 10.1 Å². The minimum absolute atomic E-state index is 0.0501. The second-order valence-corrected chi connectivity index (χ2v) is 4.77. The molecule has 0 radical (unpaired) electrons. The molecule has 110 valence electrons. The van der Waals surface area contributed by atoms with Gasteiger partial charge in [-0.15, -0.1) is 0 Å². The number of non-ortho nitro benzene ring substituents is 1. The zero-order valence-electron chi connectivity index (χ0n) is 11.9. The Kier molecular flexibility index (Phi) is 4.81. The summed E-state index contributed by atoms with van der Waals surface area (Å²) >= 11 is 0. The van der Waals surface area contributed by atoms with Crippen LogP contribution in [0.4, 0.5) is 5.69 Å². The van der Waals surface area contributed by atoms with Gasteiger partial charge >= 0.3 is 0 Å². The SMILES string of the molecule is CCCc1cc(CCC=O)n(-c2ccc([N+](=O)[O-])cc2)n1. The molecule has 0 unspecified atom stereocenters. The standard InChI is InChI=1S/C15H17N3O3/c1-2-4-12-11-15(5-3-10-19)17(16-12)13-6-8-14(9-7-13)18(20)21/h6-11H,2-5H2,1H3. The zero-order valence-corrected chi connectivity index (χ0v) is 11.9. The van der Waals surface area contributed by atoms with Crippen LogP contribution in [0.3, 0.4) is 0 Å². The first-order chi connectivity index (χ1) is 10.2. The van der Waals surface area contributed by atoms with Crippen molar-refractivity contribution >= 4 is 12.0 Å². The summed E-state index contributed by atoms with van der Waals surface area (Å²) < 4.78 is 1.76. The van der Waals surface area contributed by atoms with Gasteiger partial charge in [0.25, 0.3) is 5.69 Å². The van der Waals surface area contributed by atoms with E-state index in [0.717, 1.165) is 36.2 Å². The summed E-state index contributed by atoms with van der Waals surface area (Å²) in [6, 6.07) is 8.25. The Labute approximate surface area is 122 Å². The number of carbonyl (C=O) groups excluding carboxylic acids is 1. The minimum atomic E-state index is -0.428. The molecule has 0 aliphatic carbocycles. The lowest BCUT2D eigenvalue weighted by Crippen LogP contribution is -2.03. The molecule has 0 spiro atoms. The number of aromatic nitrogens is 2. The highest BCUT2D eigenvalue weighted by Gasteiger charge is 2.11. The van der Waals surface area contributed by atoms with Crippen LogP contribution >= 0.6 is 0 Å². The fraction of sp³-hybridized carbons (Fsp3) is 0.333. The number of aldehydes is 1. The molecule has 6 heteroatoms. The summed E-state index contributed by atoms with van der Waals surface area (Å²) in [6.45, 7) is 2.08. The van der Waals surface area contributed by atoms with Crippen LogP contribution in [-0.4, -0.2) is 21.0 Å². The van der Waals surface area contributed by atoms with Gasteiger partial charge < -0.3 is 4.79 Å². The number of nitro benzene ring substituents is 1. The van der Waals surface area contributed by atoms with Crippen molar-refractivity contribution in [3.8, 4) is 5.69 Å². The van der Waals surface area contributed by atoms with E-state index in [1.807, 2.05) is 6.07 Å². The molecule has 21 heavy (non-hydrogen) atoms. The van der Waals surface area contributed by atoms with Gasteiger partial charge in [-0.25, -0.2) is 4.68 Å². The van der Waals surface area contributed by atoms with Gasteiger partial charge in [-0.2, -0.15) is 5.10 Å². The maximum absolute atomic E-state index is 10.7. The number of benzene rings is 1. The molecule has 0 amide bonds. The predicted molar refractivity (Wildman–Crippen MR) is 78.6 cm³/mol. The topological polar surface area (TPSA) is 78.0 Å². The van der Waals surface area contributed by atoms with E-state index >= 15 is 0 Å². The Bertz CT molecular complexity index is 632. The molecule has 0 N–H and O–H groups in total. The van der Waals surface area contributed by atoms with Crippen molar-refractivity contribution in [1.82, 2.24) is 9.78 Å². The molecule has 0 aliphatic heterocycles. The number of hydrogen-bond acceptors (Lipinski definition) is 4. The first-order valence-electron chi connectivity index (χ1n) is 6.92. The average Bonchev–Trinajstić information content (AvgIpc) is 2.88. The molecular weight excluding hydrogens is 270 g/mol. The number of rotatable bonds is 7. The summed E-state index contributed by atoms with van der Waals surface area (Å²) in [5.74, 6) is 0. The normalized spacial score (nSPS) is 10.5. The molecule has 0 bridgehead atoms. The number of nitrogens with zero attached hydrogens (tertiary/aromatic N) is 3. The van der Waals surface area contributed by atoms with Crippen molar-refractivity contribution in [2.45, 2.75) is 32.6 Å². The third-order valence-electron chi connectivity index (χ3n) is 3.16. The van der Waals surface area contributed by atoms with Crippen LogP contribution < -0.4 is 0 Å². The maximum atomic E-state index is 10.7. The monoisotopic (exact) mass is 287 g/mol. The van der Waals surface area contributed by atoms with Crippen LogP contribution in [-0.2, 0) is 17.6 Å². The highest BCUT2D eigenvalue weighted by Crippen LogP contribution is 2.18. The van der Waals surface area contributed by atoms with E-state index < -0.39 is 4.92 Å². The summed E-state index contributed by atoms with van der Waals surface area (Å²) in [5.41, 5.74) is 2.73. The smallest absolute Gasteiger partial charge is 0.269 e. The fourth-order valence-corrected chi connectivity index (χ4v) is 2.18. The summed E-state index contributed by atoms with van der Waals surface area (Å²) in [5, 5.41) is 15.2. The Morgan fingerprint density at radius 2 is 2.00 bits per heavy atom. The van der Waals surface area contributed by atoms with Crippen LogP contribution in [0.2, 0.25) is 0 Å². The molecule has 0 fully saturated rings. The Morgan fingerprint density at radius 3 is 2.57 bits per heavy atom. The molecule has 1 aromatic carbocycles. The average molecular weight is 287 g/mol. The highest BCUT2D eigenvalue weighted by molar-refractivity contribution is 5.50. The van der Waals surface area contributed by atoms with Crippen molar-refractivity contribution in [3.63, 3.8) is 0 Å². The first-order valence-corrected chi connectivity index (χ1v) is 6.92. The molecule has 6 nitrogen and oxygen atoms in total. The van der Waals surface area contributed by atoms with Gasteiger partial charge in [-0.1, -0.05) is 13.3 Å². The predicted octanol–water partition coefficient (Wildman–Crippen LogP) is 2.86. The third kappa shape index (κ3) is 3.53. The molecule has 0 saturated carbocycles. The van der Waals surface area contributed by atoms with Crippen LogP contribution in [0.1, 0.15) is 31.2 Å². The van der Waals surface area contributed by atoms with Gasteiger partial charge in [0.2, 0.25) is 0 Å².